The largest absolute Gasteiger partial charge is 0.455 e. The van der Waals surface area contributed by atoms with E-state index >= 15 is 0 Å². The van der Waals surface area contributed by atoms with Crippen molar-refractivity contribution < 1.29 is 14.3 Å². The first-order valence-corrected chi connectivity index (χ1v) is 8.63. The van der Waals surface area contributed by atoms with Crippen LogP contribution in [0.3, 0.4) is 0 Å². The molecule has 5 nitrogen and oxygen atoms in total. The molecule has 0 aliphatic carbocycles. The molecule has 1 amide bonds. The Morgan fingerprint density at radius 3 is 2.54 bits per heavy atom. The molecule has 1 N–H and O–H groups in total. The minimum absolute atomic E-state index is 0.0195. The highest BCUT2D eigenvalue weighted by molar-refractivity contribution is 7.09. The van der Waals surface area contributed by atoms with Gasteiger partial charge in [-0.1, -0.05) is 39.0 Å². The molecule has 0 saturated heterocycles. The molecule has 0 saturated carbocycles. The number of aromatic nitrogens is 1. The van der Waals surface area contributed by atoms with Crippen LogP contribution >= 0.6 is 11.3 Å². The summed E-state index contributed by atoms with van der Waals surface area (Å²) in [5, 5.41) is 5.21. The first kappa shape index (κ1) is 18.1. The molecule has 128 valence electrons. The molecule has 24 heavy (non-hydrogen) atoms. The Morgan fingerprint density at radius 2 is 1.92 bits per heavy atom. The maximum atomic E-state index is 12.2. The molecule has 6 heteroatoms. The summed E-state index contributed by atoms with van der Waals surface area (Å²) in [5.74, 6) is -0.618. The normalized spacial score (nSPS) is 12.5. The quantitative estimate of drug-likeness (QED) is 0.839. The van der Waals surface area contributed by atoms with E-state index in [0.29, 0.717) is 16.3 Å². The van der Waals surface area contributed by atoms with E-state index in [0.717, 1.165) is 0 Å². The first-order valence-electron chi connectivity index (χ1n) is 7.75. The summed E-state index contributed by atoms with van der Waals surface area (Å²) in [6, 6.07) is 8.79. The van der Waals surface area contributed by atoms with Gasteiger partial charge < -0.3 is 10.1 Å². The van der Waals surface area contributed by atoms with E-state index in [-0.39, 0.29) is 24.0 Å². The number of hydrogen-bond donors (Lipinski definition) is 1. The lowest BCUT2D eigenvalue weighted by atomic mass is 9.88. The molecule has 1 heterocycles. The number of esters is 1. The Balaban J connectivity index is 1.91. The van der Waals surface area contributed by atoms with Crippen molar-refractivity contribution in [1.82, 2.24) is 10.3 Å². The van der Waals surface area contributed by atoms with E-state index in [1.165, 1.54) is 11.3 Å². The molecular formula is C18H22N2O3S. The summed E-state index contributed by atoms with van der Waals surface area (Å²) in [4.78, 5) is 28.3. The third-order valence-electron chi connectivity index (χ3n) is 3.77. The van der Waals surface area contributed by atoms with E-state index < -0.39 is 5.97 Å². The van der Waals surface area contributed by atoms with Crippen LogP contribution in [0.5, 0.6) is 0 Å². The van der Waals surface area contributed by atoms with Crippen molar-refractivity contribution in [2.75, 3.05) is 0 Å². The van der Waals surface area contributed by atoms with Crippen molar-refractivity contribution in [3.05, 3.63) is 52.0 Å². The number of rotatable bonds is 5. The van der Waals surface area contributed by atoms with Gasteiger partial charge in [0.25, 0.3) is 5.91 Å². The summed E-state index contributed by atoms with van der Waals surface area (Å²) in [6.45, 7) is 8.21. The van der Waals surface area contributed by atoms with Gasteiger partial charge in [-0.3, -0.25) is 4.79 Å². The van der Waals surface area contributed by atoms with Gasteiger partial charge in [0.05, 0.1) is 5.56 Å². The van der Waals surface area contributed by atoms with Crippen LogP contribution in [0.15, 0.2) is 35.7 Å². The van der Waals surface area contributed by atoms with Gasteiger partial charge >= 0.3 is 5.97 Å². The number of nitrogens with zero attached hydrogens (tertiary/aromatic N) is 1. The fourth-order valence-corrected chi connectivity index (χ4v) is 2.44. The Bertz CT molecular complexity index is 705. The highest BCUT2D eigenvalue weighted by Gasteiger charge is 2.23. The van der Waals surface area contributed by atoms with Crippen LogP contribution in [-0.4, -0.2) is 22.9 Å². The predicted octanol–water partition coefficient (Wildman–Crippen LogP) is 3.66. The zero-order valence-corrected chi connectivity index (χ0v) is 15.1. The van der Waals surface area contributed by atoms with Crippen LogP contribution in [0.1, 0.15) is 53.5 Å². The maximum absolute atomic E-state index is 12.2. The number of hydrogen-bond acceptors (Lipinski definition) is 5. The van der Waals surface area contributed by atoms with Gasteiger partial charge in [-0.15, -0.1) is 11.3 Å². The zero-order valence-electron chi connectivity index (χ0n) is 14.3. The number of thiazole rings is 1. The minimum Gasteiger partial charge on any atom is -0.455 e. The zero-order chi connectivity index (χ0) is 17.7. The summed E-state index contributed by atoms with van der Waals surface area (Å²) < 4.78 is 5.22. The fraction of sp³-hybridized carbons (Fsp3) is 0.389. The average molecular weight is 346 g/mol. The summed E-state index contributed by atoms with van der Waals surface area (Å²) in [5.41, 5.74) is 0.813. The molecule has 0 aliphatic heterocycles. The van der Waals surface area contributed by atoms with Gasteiger partial charge in [-0.25, -0.2) is 9.78 Å². The Kier molecular flexibility index (Phi) is 5.72. The average Bonchev–Trinajstić information content (AvgIpc) is 3.01. The van der Waals surface area contributed by atoms with Gasteiger partial charge in [-0.2, -0.15) is 0 Å². The minimum atomic E-state index is -0.404. The molecule has 0 aliphatic rings. The van der Waals surface area contributed by atoms with E-state index in [4.69, 9.17) is 4.74 Å². The van der Waals surface area contributed by atoms with E-state index in [9.17, 15) is 9.59 Å². The van der Waals surface area contributed by atoms with Crippen molar-refractivity contribution >= 4 is 23.2 Å². The number of benzene rings is 1. The van der Waals surface area contributed by atoms with E-state index in [1.807, 2.05) is 13.0 Å². The van der Waals surface area contributed by atoms with Crippen LogP contribution in [0.25, 0.3) is 0 Å². The molecule has 0 fully saturated rings. The van der Waals surface area contributed by atoms with E-state index in [2.05, 4.69) is 31.1 Å². The molecule has 2 rings (SSSR count). The number of ether oxygens (including phenoxy) is 1. The second-order valence-corrected chi connectivity index (χ2v) is 7.57. The smallest absolute Gasteiger partial charge is 0.338 e. The first-order chi connectivity index (χ1) is 11.3. The van der Waals surface area contributed by atoms with Gasteiger partial charge in [0.1, 0.15) is 17.3 Å². The number of carbonyl (C=O) groups is 2. The Morgan fingerprint density at radius 1 is 1.25 bits per heavy atom. The van der Waals surface area contributed by atoms with Crippen molar-refractivity contribution in [1.29, 1.82) is 0 Å². The van der Waals surface area contributed by atoms with Crippen LogP contribution in [0.4, 0.5) is 0 Å². The molecule has 2 aromatic rings. The van der Waals surface area contributed by atoms with Crippen molar-refractivity contribution in [2.45, 2.75) is 40.3 Å². The SMILES string of the molecule is C[C@@H](NC(=O)c1csc(COC(=O)c2ccccc2)n1)C(C)(C)C. The second kappa shape index (κ2) is 7.57. The monoisotopic (exact) mass is 346 g/mol. The Hall–Kier alpha value is -2.21. The molecule has 0 radical (unpaired) electrons. The lowest BCUT2D eigenvalue weighted by molar-refractivity contribution is 0.0472. The molecule has 0 spiro atoms. The van der Waals surface area contributed by atoms with Gasteiger partial charge in [0, 0.05) is 11.4 Å². The van der Waals surface area contributed by atoms with Gasteiger partial charge in [0.2, 0.25) is 0 Å². The molecular weight excluding hydrogens is 324 g/mol. The summed E-state index contributed by atoms with van der Waals surface area (Å²) in [6.07, 6.45) is 0. The maximum Gasteiger partial charge on any atom is 0.338 e. The van der Waals surface area contributed by atoms with Gasteiger partial charge in [-0.05, 0) is 24.5 Å². The van der Waals surface area contributed by atoms with Crippen LogP contribution in [0.2, 0.25) is 0 Å². The lowest BCUT2D eigenvalue weighted by Gasteiger charge is -2.27. The van der Waals surface area contributed by atoms with Crippen LogP contribution < -0.4 is 5.32 Å². The molecule has 0 bridgehead atoms. The highest BCUT2D eigenvalue weighted by Crippen LogP contribution is 2.19. The van der Waals surface area contributed by atoms with Crippen molar-refractivity contribution in [3.8, 4) is 0 Å². The highest BCUT2D eigenvalue weighted by atomic mass is 32.1. The second-order valence-electron chi connectivity index (χ2n) is 6.63. The van der Waals surface area contributed by atoms with Crippen molar-refractivity contribution in [3.63, 3.8) is 0 Å². The number of amides is 1. The standard InChI is InChI=1S/C18H22N2O3S/c1-12(18(2,3)4)19-16(21)14-11-24-15(20-14)10-23-17(22)13-8-6-5-7-9-13/h5-9,11-12H,10H2,1-4H3,(H,19,21)/t12-/m1/s1. The lowest BCUT2D eigenvalue weighted by Crippen LogP contribution is -2.41. The molecule has 1 aromatic heterocycles. The summed E-state index contributed by atoms with van der Waals surface area (Å²) >= 11 is 1.30. The van der Waals surface area contributed by atoms with E-state index in [1.54, 1.807) is 29.6 Å². The third-order valence-corrected chi connectivity index (χ3v) is 4.59. The molecule has 1 aromatic carbocycles. The Labute approximate surface area is 146 Å². The number of carbonyl (C=O) groups excluding carboxylic acids is 2. The van der Waals surface area contributed by atoms with Gasteiger partial charge in [0.15, 0.2) is 0 Å². The van der Waals surface area contributed by atoms with Crippen molar-refractivity contribution in [2.24, 2.45) is 5.41 Å². The molecule has 1 atom stereocenters. The third kappa shape index (κ3) is 4.89. The summed E-state index contributed by atoms with van der Waals surface area (Å²) in [7, 11) is 0. The topological polar surface area (TPSA) is 68.3 Å². The fourth-order valence-electron chi connectivity index (χ4n) is 1.75. The van der Waals surface area contributed by atoms with Crippen LogP contribution in [-0.2, 0) is 11.3 Å². The van der Waals surface area contributed by atoms with Crippen LogP contribution in [0, 0.1) is 5.41 Å². The molecule has 0 unspecified atom stereocenters. The predicted molar refractivity (Wildman–Crippen MR) is 94.1 cm³/mol. The number of nitrogens with one attached hydrogen (secondary N) is 1.